The molecular formula is C13H18ClN3O. The van der Waals surface area contributed by atoms with Crippen LogP contribution < -0.4 is 16.4 Å². The number of hydrogen-bond donors (Lipinski definition) is 2. The molecule has 2 rings (SSSR count). The van der Waals surface area contributed by atoms with Gasteiger partial charge in [-0.2, -0.15) is 0 Å². The van der Waals surface area contributed by atoms with Crippen LogP contribution in [0.15, 0.2) is 18.2 Å². The third-order valence-electron chi connectivity index (χ3n) is 3.44. The lowest BCUT2D eigenvalue weighted by atomic mass is 9.97. The summed E-state index contributed by atoms with van der Waals surface area (Å²) < 4.78 is 0. The van der Waals surface area contributed by atoms with E-state index in [4.69, 9.17) is 23.1 Å². The molecule has 1 fully saturated rings. The molecule has 1 atom stereocenters. The standard InChI is InChI=1S/C13H18ClN3O/c14-12-6-10(3-4-11(12)13(16)18)17-5-1-2-9(7-15)8-17/h3-4,6,9H,1-2,5,7-8,15H2,(H2,16,18). The predicted molar refractivity (Wildman–Crippen MR) is 74.0 cm³/mol. The molecule has 1 saturated heterocycles. The van der Waals surface area contributed by atoms with Crippen LogP contribution >= 0.6 is 11.6 Å². The largest absolute Gasteiger partial charge is 0.371 e. The lowest BCUT2D eigenvalue weighted by Gasteiger charge is -2.34. The Hall–Kier alpha value is -1.26. The normalized spacial score (nSPS) is 19.9. The van der Waals surface area contributed by atoms with E-state index in [0.717, 1.165) is 25.2 Å². The Labute approximate surface area is 112 Å². The maximum atomic E-state index is 11.1. The van der Waals surface area contributed by atoms with Gasteiger partial charge in [-0.05, 0) is 43.5 Å². The van der Waals surface area contributed by atoms with Crippen LogP contribution in [-0.2, 0) is 0 Å². The van der Waals surface area contributed by atoms with Crippen molar-refractivity contribution in [3.05, 3.63) is 28.8 Å². The number of rotatable bonds is 3. The Bertz CT molecular complexity index is 450. The van der Waals surface area contributed by atoms with Crippen LogP contribution in [0.25, 0.3) is 0 Å². The summed E-state index contributed by atoms with van der Waals surface area (Å²) in [5, 5.41) is 0.412. The first kappa shape index (κ1) is 13.2. The third kappa shape index (κ3) is 2.76. The summed E-state index contributed by atoms with van der Waals surface area (Å²) in [6.07, 6.45) is 2.32. The highest BCUT2D eigenvalue weighted by Gasteiger charge is 2.19. The van der Waals surface area contributed by atoms with Crippen molar-refractivity contribution in [2.75, 3.05) is 24.5 Å². The van der Waals surface area contributed by atoms with Crippen molar-refractivity contribution in [2.24, 2.45) is 17.4 Å². The highest BCUT2D eigenvalue weighted by atomic mass is 35.5. The number of amides is 1. The van der Waals surface area contributed by atoms with Crippen molar-refractivity contribution >= 4 is 23.2 Å². The predicted octanol–water partition coefficient (Wildman–Crippen LogP) is 1.61. The number of carbonyl (C=O) groups is 1. The van der Waals surface area contributed by atoms with E-state index in [0.29, 0.717) is 23.0 Å². The summed E-state index contributed by atoms with van der Waals surface area (Å²) in [6.45, 7) is 2.66. The van der Waals surface area contributed by atoms with Crippen LogP contribution in [0.2, 0.25) is 5.02 Å². The number of carbonyl (C=O) groups excluding carboxylic acids is 1. The number of nitrogens with zero attached hydrogens (tertiary/aromatic N) is 1. The van der Waals surface area contributed by atoms with Gasteiger partial charge in [0.15, 0.2) is 0 Å². The fourth-order valence-corrected chi connectivity index (χ4v) is 2.66. The number of halogens is 1. The Balaban J connectivity index is 2.18. The van der Waals surface area contributed by atoms with Gasteiger partial charge in [-0.25, -0.2) is 0 Å². The topological polar surface area (TPSA) is 72.3 Å². The van der Waals surface area contributed by atoms with Crippen LogP contribution in [-0.4, -0.2) is 25.5 Å². The molecule has 4 N–H and O–H groups in total. The number of primary amides is 1. The Morgan fingerprint density at radius 2 is 2.28 bits per heavy atom. The molecule has 5 heteroatoms. The highest BCUT2D eigenvalue weighted by Crippen LogP contribution is 2.27. The van der Waals surface area contributed by atoms with Gasteiger partial charge in [-0.1, -0.05) is 11.6 Å². The minimum absolute atomic E-state index is 0.368. The molecular weight excluding hydrogens is 250 g/mol. The summed E-state index contributed by atoms with van der Waals surface area (Å²) in [5.74, 6) is 0.0402. The fraction of sp³-hybridized carbons (Fsp3) is 0.462. The van der Waals surface area contributed by atoms with Gasteiger partial charge in [0.25, 0.3) is 0 Å². The lowest BCUT2D eigenvalue weighted by Crippen LogP contribution is -2.38. The zero-order valence-corrected chi connectivity index (χ0v) is 11.0. The number of hydrogen-bond acceptors (Lipinski definition) is 3. The highest BCUT2D eigenvalue weighted by molar-refractivity contribution is 6.34. The monoisotopic (exact) mass is 267 g/mol. The van der Waals surface area contributed by atoms with Gasteiger partial charge < -0.3 is 16.4 Å². The molecule has 1 aromatic carbocycles. The maximum Gasteiger partial charge on any atom is 0.250 e. The first-order chi connectivity index (χ1) is 8.61. The molecule has 4 nitrogen and oxygen atoms in total. The van der Waals surface area contributed by atoms with Crippen molar-refractivity contribution in [3.63, 3.8) is 0 Å². The van der Waals surface area contributed by atoms with E-state index in [1.807, 2.05) is 6.07 Å². The van der Waals surface area contributed by atoms with Crippen LogP contribution in [0.3, 0.4) is 0 Å². The molecule has 1 unspecified atom stereocenters. The van der Waals surface area contributed by atoms with Gasteiger partial charge in [0.2, 0.25) is 5.91 Å². The molecule has 0 bridgehead atoms. The van der Waals surface area contributed by atoms with E-state index in [1.165, 1.54) is 6.42 Å². The summed E-state index contributed by atoms with van der Waals surface area (Å²) in [4.78, 5) is 13.4. The molecule has 98 valence electrons. The van der Waals surface area contributed by atoms with Crippen molar-refractivity contribution in [1.29, 1.82) is 0 Å². The molecule has 0 saturated carbocycles. The van der Waals surface area contributed by atoms with Crippen molar-refractivity contribution in [1.82, 2.24) is 0 Å². The molecule has 0 spiro atoms. The zero-order valence-electron chi connectivity index (χ0n) is 10.2. The van der Waals surface area contributed by atoms with Crippen molar-refractivity contribution in [3.8, 4) is 0 Å². The molecule has 0 aromatic heterocycles. The summed E-state index contributed by atoms with van der Waals surface area (Å²) in [6, 6.07) is 5.39. The van der Waals surface area contributed by atoms with Crippen LogP contribution in [0.4, 0.5) is 5.69 Å². The summed E-state index contributed by atoms with van der Waals surface area (Å²) >= 11 is 6.06. The molecule has 1 heterocycles. The summed E-state index contributed by atoms with van der Waals surface area (Å²) in [5.41, 5.74) is 12.4. The smallest absolute Gasteiger partial charge is 0.250 e. The van der Waals surface area contributed by atoms with E-state index in [1.54, 1.807) is 12.1 Å². The maximum absolute atomic E-state index is 11.1. The second-order valence-electron chi connectivity index (χ2n) is 4.72. The molecule has 0 aliphatic carbocycles. The molecule has 1 aromatic rings. The van der Waals surface area contributed by atoms with Gasteiger partial charge in [-0.3, -0.25) is 4.79 Å². The van der Waals surface area contributed by atoms with E-state index in [2.05, 4.69) is 4.90 Å². The van der Waals surface area contributed by atoms with Crippen LogP contribution in [0, 0.1) is 5.92 Å². The molecule has 18 heavy (non-hydrogen) atoms. The van der Waals surface area contributed by atoms with Crippen molar-refractivity contribution < 1.29 is 4.79 Å². The first-order valence-corrected chi connectivity index (χ1v) is 6.54. The van der Waals surface area contributed by atoms with E-state index >= 15 is 0 Å². The van der Waals surface area contributed by atoms with Crippen LogP contribution in [0.1, 0.15) is 23.2 Å². The molecule has 0 radical (unpaired) electrons. The number of piperidine rings is 1. The fourth-order valence-electron chi connectivity index (χ4n) is 2.39. The minimum atomic E-state index is -0.495. The lowest BCUT2D eigenvalue weighted by molar-refractivity contribution is 0.100. The molecule has 1 aliphatic rings. The van der Waals surface area contributed by atoms with Gasteiger partial charge in [-0.15, -0.1) is 0 Å². The second kappa shape index (κ2) is 5.59. The van der Waals surface area contributed by atoms with Gasteiger partial charge in [0.05, 0.1) is 10.6 Å². The van der Waals surface area contributed by atoms with Gasteiger partial charge in [0.1, 0.15) is 0 Å². The number of benzene rings is 1. The average molecular weight is 268 g/mol. The zero-order chi connectivity index (χ0) is 13.1. The van der Waals surface area contributed by atoms with E-state index in [9.17, 15) is 4.79 Å². The van der Waals surface area contributed by atoms with Crippen LogP contribution in [0.5, 0.6) is 0 Å². The van der Waals surface area contributed by atoms with Gasteiger partial charge >= 0.3 is 0 Å². The molecule has 1 aliphatic heterocycles. The third-order valence-corrected chi connectivity index (χ3v) is 3.75. The Morgan fingerprint density at radius 1 is 1.50 bits per heavy atom. The summed E-state index contributed by atoms with van der Waals surface area (Å²) in [7, 11) is 0. The second-order valence-corrected chi connectivity index (χ2v) is 5.13. The first-order valence-electron chi connectivity index (χ1n) is 6.16. The molecule has 1 amide bonds. The van der Waals surface area contributed by atoms with Crippen molar-refractivity contribution in [2.45, 2.75) is 12.8 Å². The van der Waals surface area contributed by atoms with Gasteiger partial charge in [0, 0.05) is 18.8 Å². The number of nitrogens with two attached hydrogens (primary N) is 2. The average Bonchev–Trinajstić information content (AvgIpc) is 2.38. The SMILES string of the molecule is NCC1CCCN(c2ccc(C(N)=O)c(Cl)c2)C1. The Morgan fingerprint density at radius 3 is 2.89 bits per heavy atom. The Kier molecular flexibility index (Phi) is 4.09. The number of anilines is 1. The quantitative estimate of drug-likeness (QED) is 0.874. The minimum Gasteiger partial charge on any atom is -0.371 e. The van der Waals surface area contributed by atoms with E-state index in [-0.39, 0.29) is 0 Å². The van der Waals surface area contributed by atoms with E-state index < -0.39 is 5.91 Å².